The van der Waals surface area contributed by atoms with E-state index in [2.05, 4.69) is 0 Å². The van der Waals surface area contributed by atoms with Gasteiger partial charge in [-0.15, -0.1) is 0 Å². The van der Waals surface area contributed by atoms with Gasteiger partial charge in [0.15, 0.2) is 0 Å². The molecule has 0 unspecified atom stereocenters. The molecule has 0 atom stereocenters. The van der Waals surface area contributed by atoms with Crippen molar-refractivity contribution in [2.75, 3.05) is 32.2 Å². The van der Waals surface area contributed by atoms with E-state index < -0.39 is 0 Å². The topological polar surface area (TPSA) is 59.1 Å². The first-order valence-electron chi connectivity index (χ1n) is 9.31. The van der Waals surface area contributed by atoms with Crippen LogP contribution in [0.4, 0.5) is 5.69 Å². The molecule has 2 aliphatic rings. The number of carbonyl (C=O) groups excluding carboxylic acids is 2. The van der Waals surface area contributed by atoms with E-state index >= 15 is 0 Å². The maximum absolute atomic E-state index is 13.5. The maximum Gasteiger partial charge on any atom is 0.282 e. The lowest BCUT2D eigenvalue weighted by Crippen LogP contribution is -2.34. The van der Waals surface area contributed by atoms with Crippen molar-refractivity contribution < 1.29 is 19.1 Å². The monoisotopic (exact) mass is 378 g/mol. The summed E-state index contributed by atoms with van der Waals surface area (Å²) in [6.45, 7) is 1.53. The number of likely N-dealkylation sites (tertiary alicyclic amines) is 1. The van der Waals surface area contributed by atoms with Gasteiger partial charge in [0.25, 0.3) is 11.8 Å². The molecule has 0 aliphatic carbocycles. The highest BCUT2D eigenvalue weighted by Gasteiger charge is 2.43. The highest BCUT2D eigenvalue weighted by atomic mass is 16.5. The predicted molar refractivity (Wildman–Crippen MR) is 106 cm³/mol. The minimum Gasteiger partial charge on any atom is -0.497 e. The van der Waals surface area contributed by atoms with E-state index in [4.69, 9.17) is 9.47 Å². The number of rotatable bonds is 5. The first kappa shape index (κ1) is 18.1. The summed E-state index contributed by atoms with van der Waals surface area (Å²) in [7, 11) is 3.12. The molecule has 2 heterocycles. The summed E-state index contributed by atoms with van der Waals surface area (Å²) in [5.41, 5.74) is 1.98. The molecule has 28 heavy (non-hydrogen) atoms. The van der Waals surface area contributed by atoms with Crippen LogP contribution in [0.2, 0.25) is 0 Å². The second kappa shape index (κ2) is 7.38. The van der Waals surface area contributed by atoms with E-state index in [0.717, 1.165) is 25.9 Å². The van der Waals surface area contributed by atoms with Crippen molar-refractivity contribution in [1.82, 2.24) is 4.90 Å². The lowest BCUT2D eigenvalue weighted by molar-refractivity contribution is -0.120. The van der Waals surface area contributed by atoms with Gasteiger partial charge in [-0.2, -0.15) is 0 Å². The van der Waals surface area contributed by atoms with Crippen molar-refractivity contribution in [3.05, 3.63) is 59.8 Å². The summed E-state index contributed by atoms with van der Waals surface area (Å²) in [5.74, 6) is 0.514. The van der Waals surface area contributed by atoms with Crippen LogP contribution < -0.4 is 14.4 Å². The summed E-state index contributed by atoms with van der Waals surface area (Å²) in [5, 5.41) is 0. The van der Waals surface area contributed by atoms with Gasteiger partial charge in [-0.1, -0.05) is 24.3 Å². The zero-order chi connectivity index (χ0) is 19.7. The largest absolute Gasteiger partial charge is 0.497 e. The van der Waals surface area contributed by atoms with Gasteiger partial charge in [0.2, 0.25) is 0 Å². The third kappa shape index (κ3) is 2.91. The van der Waals surface area contributed by atoms with Gasteiger partial charge in [-0.25, -0.2) is 4.90 Å². The molecule has 1 saturated heterocycles. The second-order valence-electron chi connectivity index (χ2n) is 6.77. The highest BCUT2D eigenvalue weighted by Crippen LogP contribution is 2.39. The van der Waals surface area contributed by atoms with Crippen molar-refractivity contribution in [2.24, 2.45) is 0 Å². The normalized spacial score (nSPS) is 16.9. The first-order chi connectivity index (χ1) is 13.7. The lowest BCUT2D eigenvalue weighted by Gasteiger charge is -2.20. The fourth-order valence-corrected chi connectivity index (χ4v) is 3.83. The van der Waals surface area contributed by atoms with E-state index in [1.165, 1.54) is 4.90 Å². The Morgan fingerprint density at radius 1 is 0.857 bits per heavy atom. The number of hydrogen-bond acceptors (Lipinski definition) is 5. The number of amides is 2. The van der Waals surface area contributed by atoms with Crippen LogP contribution in [0.15, 0.2) is 54.2 Å². The van der Waals surface area contributed by atoms with E-state index in [1.54, 1.807) is 44.6 Å². The quantitative estimate of drug-likeness (QED) is 0.749. The van der Waals surface area contributed by atoms with E-state index in [1.807, 2.05) is 23.1 Å². The zero-order valence-electron chi connectivity index (χ0n) is 16.0. The van der Waals surface area contributed by atoms with Crippen molar-refractivity contribution in [1.29, 1.82) is 0 Å². The van der Waals surface area contributed by atoms with Crippen LogP contribution in [0, 0.1) is 0 Å². The smallest absolute Gasteiger partial charge is 0.282 e. The summed E-state index contributed by atoms with van der Waals surface area (Å²) < 4.78 is 10.7. The standard InChI is InChI=1S/C22H22N2O4/c1-27-16-9-7-8-15(14-16)24-21(25)19(17-10-3-4-11-18(17)28-2)20(22(24)26)23-12-5-6-13-23/h3-4,7-11,14H,5-6,12-13H2,1-2H3. The number of nitrogens with zero attached hydrogens (tertiary/aromatic N) is 2. The van der Waals surface area contributed by atoms with Crippen LogP contribution in [-0.2, 0) is 9.59 Å². The van der Waals surface area contributed by atoms with Gasteiger partial charge < -0.3 is 14.4 Å². The molecular formula is C22H22N2O4. The molecule has 0 aromatic heterocycles. The fraction of sp³-hybridized carbons (Fsp3) is 0.273. The SMILES string of the molecule is COc1cccc(N2C(=O)C(c3ccccc3OC)=C(N3CCCC3)C2=O)c1. The Hall–Kier alpha value is -3.28. The van der Waals surface area contributed by atoms with Crippen LogP contribution in [0.25, 0.3) is 5.57 Å². The number of methoxy groups -OCH3 is 2. The summed E-state index contributed by atoms with van der Waals surface area (Å²) in [6.07, 6.45) is 2.01. The Morgan fingerprint density at radius 2 is 1.61 bits per heavy atom. The molecule has 0 radical (unpaired) electrons. The molecule has 0 bridgehead atoms. The number of benzene rings is 2. The molecule has 0 N–H and O–H groups in total. The van der Waals surface area contributed by atoms with Crippen LogP contribution in [0.1, 0.15) is 18.4 Å². The average Bonchev–Trinajstić information content (AvgIpc) is 3.34. The number of imide groups is 1. The number of para-hydroxylation sites is 1. The van der Waals surface area contributed by atoms with Crippen LogP contribution in [-0.4, -0.2) is 44.0 Å². The molecule has 6 heteroatoms. The predicted octanol–water partition coefficient (Wildman–Crippen LogP) is 3.08. The number of anilines is 1. The average molecular weight is 378 g/mol. The molecule has 0 saturated carbocycles. The van der Waals surface area contributed by atoms with Gasteiger partial charge in [0.1, 0.15) is 17.2 Å². The molecule has 2 aromatic carbocycles. The fourth-order valence-electron chi connectivity index (χ4n) is 3.83. The summed E-state index contributed by atoms with van der Waals surface area (Å²) in [6, 6.07) is 14.3. The van der Waals surface area contributed by atoms with Gasteiger partial charge in [-0.3, -0.25) is 9.59 Å². The Bertz CT molecular complexity index is 961. The van der Waals surface area contributed by atoms with Crippen LogP contribution in [0.5, 0.6) is 11.5 Å². The Labute approximate surface area is 164 Å². The van der Waals surface area contributed by atoms with Gasteiger partial charge >= 0.3 is 0 Å². The zero-order valence-corrected chi connectivity index (χ0v) is 16.0. The molecular weight excluding hydrogens is 356 g/mol. The van der Waals surface area contributed by atoms with Gasteiger partial charge in [-0.05, 0) is 31.0 Å². The van der Waals surface area contributed by atoms with Crippen molar-refractivity contribution >= 4 is 23.1 Å². The van der Waals surface area contributed by atoms with Gasteiger partial charge in [0, 0.05) is 24.7 Å². The van der Waals surface area contributed by atoms with E-state index in [-0.39, 0.29) is 11.8 Å². The van der Waals surface area contributed by atoms with Crippen molar-refractivity contribution in [3.8, 4) is 11.5 Å². The molecule has 6 nitrogen and oxygen atoms in total. The van der Waals surface area contributed by atoms with E-state index in [9.17, 15) is 9.59 Å². The first-order valence-corrected chi connectivity index (χ1v) is 9.31. The molecule has 4 rings (SSSR count). The highest BCUT2D eigenvalue weighted by molar-refractivity contribution is 6.45. The minimum atomic E-state index is -0.343. The second-order valence-corrected chi connectivity index (χ2v) is 6.77. The molecule has 2 aliphatic heterocycles. The van der Waals surface area contributed by atoms with E-state index in [0.29, 0.717) is 34.0 Å². The molecule has 0 spiro atoms. The van der Waals surface area contributed by atoms with Gasteiger partial charge in [0.05, 0.1) is 25.5 Å². The van der Waals surface area contributed by atoms with Crippen molar-refractivity contribution in [2.45, 2.75) is 12.8 Å². The molecule has 2 aromatic rings. The third-order valence-corrected chi connectivity index (χ3v) is 5.17. The molecule has 1 fully saturated rings. The van der Waals surface area contributed by atoms with Crippen LogP contribution >= 0.6 is 0 Å². The maximum atomic E-state index is 13.5. The Kier molecular flexibility index (Phi) is 4.77. The number of carbonyl (C=O) groups is 2. The summed E-state index contributed by atoms with van der Waals surface area (Å²) >= 11 is 0. The Balaban J connectivity index is 1.86. The number of hydrogen-bond donors (Lipinski definition) is 0. The number of ether oxygens (including phenoxy) is 2. The molecule has 2 amide bonds. The molecule has 144 valence electrons. The third-order valence-electron chi connectivity index (χ3n) is 5.17. The van der Waals surface area contributed by atoms with Crippen molar-refractivity contribution in [3.63, 3.8) is 0 Å². The van der Waals surface area contributed by atoms with Crippen LogP contribution in [0.3, 0.4) is 0 Å². The minimum absolute atomic E-state index is 0.305. The summed E-state index contributed by atoms with van der Waals surface area (Å²) in [4.78, 5) is 30.1. The lowest BCUT2D eigenvalue weighted by atomic mass is 10.0. The Morgan fingerprint density at radius 3 is 2.32 bits per heavy atom.